The molecule has 3 aromatic carbocycles. The lowest BCUT2D eigenvalue weighted by Crippen LogP contribution is -2.33. The van der Waals surface area contributed by atoms with Crippen LogP contribution in [0.4, 0.5) is 0 Å². The second-order valence-electron chi connectivity index (χ2n) is 7.28. The Bertz CT molecular complexity index is 1130. The predicted octanol–water partition coefficient (Wildman–Crippen LogP) is 5.60. The van der Waals surface area contributed by atoms with Crippen LogP contribution < -0.4 is 14.2 Å². The van der Waals surface area contributed by atoms with Crippen LogP contribution in [0.2, 0.25) is 5.02 Å². The summed E-state index contributed by atoms with van der Waals surface area (Å²) in [6.45, 7) is 0. The fourth-order valence-corrected chi connectivity index (χ4v) is 4.30. The minimum absolute atomic E-state index is 0.0361. The van der Waals surface area contributed by atoms with Gasteiger partial charge in [0.2, 0.25) is 6.23 Å². The monoisotopic (exact) mass is 420 g/mol. The number of rotatable bonds is 4. The molecule has 2 atom stereocenters. The Labute approximate surface area is 180 Å². The lowest BCUT2D eigenvalue weighted by atomic mass is 9.95. The summed E-state index contributed by atoms with van der Waals surface area (Å²) >= 11 is 6.28. The highest BCUT2D eigenvalue weighted by molar-refractivity contribution is 6.30. The van der Waals surface area contributed by atoms with Gasteiger partial charge in [-0.1, -0.05) is 48.0 Å². The maximum absolute atomic E-state index is 6.45. The van der Waals surface area contributed by atoms with E-state index in [4.69, 9.17) is 30.9 Å². The van der Waals surface area contributed by atoms with Gasteiger partial charge in [0, 0.05) is 28.1 Å². The van der Waals surface area contributed by atoms with Gasteiger partial charge in [-0.05, 0) is 30.3 Å². The second kappa shape index (κ2) is 7.58. The van der Waals surface area contributed by atoms with Gasteiger partial charge in [-0.15, -0.1) is 0 Å². The third-order valence-corrected chi connectivity index (χ3v) is 5.77. The van der Waals surface area contributed by atoms with E-state index in [2.05, 4.69) is 12.1 Å². The summed E-state index contributed by atoms with van der Waals surface area (Å²) in [6, 6.07) is 21.7. The molecule has 0 radical (unpaired) electrons. The highest BCUT2D eigenvalue weighted by Crippen LogP contribution is 2.50. The quantitative estimate of drug-likeness (QED) is 0.551. The second-order valence-corrected chi connectivity index (χ2v) is 7.72. The Balaban J connectivity index is 1.62. The molecular formula is C24H21ClN2O3. The molecule has 0 aliphatic carbocycles. The van der Waals surface area contributed by atoms with Crippen LogP contribution in [-0.4, -0.2) is 24.9 Å². The van der Waals surface area contributed by atoms with Crippen molar-refractivity contribution >= 4 is 17.3 Å². The number of nitrogens with zero attached hydrogens (tertiary/aromatic N) is 2. The average Bonchev–Trinajstić information content (AvgIpc) is 3.24. The number of fused-ring (bicyclic) bond motifs is 3. The molecule has 2 aliphatic rings. The molecular weight excluding hydrogens is 400 g/mol. The van der Waals surface area contributed by atoms with Crippen molar-refractivity contribution in [3.8, 4) is 17.2 Å². The van der Waals surface area contributed by atoms with Crippen molar-refractivity contribution in [2.24, 2.45) is 5.10 Å². The molecule has 0 spiro atoms. The number of ether oxygens (including phenoxy) is 3. The van der Waals surface area contributed by atoms with Crippen molar-refractivity contribution < 1.29 is 14.2 Å². The summed E-state index contributed by atoms with van der Waals surface area (Å²) in [4.78, 5) is 0. The first-order valence-electron chi connectivity index (χ1n) is 9.77. The molecule has 2 aliphatic heterocycles. The molecule has 0 saturated carbocycles. The molecule has 0 bridgehead atoms. The van der Waals surface area contributed by atoms with Crippen LogP contribution in [0.3, 0.4) is 0 Å². The fourth-order valence-electron chi connectivity index (χ4n) is 4.10. The first-order chi connectivity index (χ1) is 14.7. The Morgan fingerprint density at radius 1 is 1.00 bits per heavy atom. The number of para-hydroxylation sites is 1. The van der Waals surface area contributed by atoms with E-state index >= 15 is 0 Å². The Hall–Kier alpha value is -3.18. The summed E-state index contributed by atoms with van der Waals surface area (Å²) in [6.07, 6.45) is 0.355. The van der Waals surface area contributed by atoms with Crippen LogP contribution in [0, 0.1) is 0 Å². The molecule has 6 heteroatoms. The molecule has 5 rings (SSSR count). The van der Waals surface area contributed by atoms with Gasteiger partial charge in [-0.3, -0.25) is 0 Å². The molecule has 0 saturated heterocycles. The van der Waals surface area contributed by atoms with E-state index in [-0.39, 0.29) is 6.04 Å². The molecule has 152 valence electrons. The smallest absolute Gasteiger partial charge is 0.214 e. The molecule has 0 aromatic heterocycles. The van der Waals surface area contributed by atoms with Crippen LogP contribution in [0.5, 0.6) is 17.2 Å². The number of halogens is 1. The lowest BCUT2D eigenvalue weighted by molar-refractivity contribution is -0.0208. The van der Waals surface area contributed by atoms with E-state index in [0.717, 1.165) is 40.3 Å². The van der Waals surface area contributed by atoms with Crippen molar-refractivity contribution in [2.75, 3.05) is 14.2 Å². The van der Waals surface area contributed by atoms with Gasteiger partial charge in [0.25, 0.3) is 0 Å². The predicted molar refractivity (Wildman–Crippen MR) is 117 cm³/mol. The van der Waals surface area contributed by atoms with E-state index in [9.17, 15) is 0 Å². The third kappa shape index (κ3) is 3.15. The molecule has 30 heavy (non-hydrogen) atoms. The molecule has 0 fully saturated rings. The largest absolute Gasteiger partial charge is 0.497 e. The van der Waals surface area contributed by atoms with Crippen molar-refractivity contribution in [3.05, 3.63) is 88.4 Å². The molecule has 0 N–H and O–H groups in total. The Morgan fingerprint density at radius 2 is 1.83 bits per heavy atom. The highest BCUT2D eigenvalue weighted by Gasteiger charge is 2.42. The van der Waals surface area contributed by atoms with E-state index in [1.165, 1.54) is 0 Å². The number of hydrogen-bond acceptors (Lipinski definition) is 5. The first-order valence-corrected chi connectivity index (χ1v) is 10.1. The zero-order valence-corrected chi connectivity index (χ0v) is 17.5. The summed E-state index contributed by atoms with van der Waals surface area (Å²) in [5, 5.41) is 7.67. The molecule has 0 amide bonds. The van der Waals surface area contributed by atoms with Gasteiger partial charge in [-0.25, -0.2) is 5.01 Å². The van der Waals surface area contributed by atoms with Crippen LogP contribution in [0.15, 0.2) is 71.8 Å². The number of methoxy groups -OCH3 is 2. The molecule has 5 nitrogen and oxygen atoms in total. The average molecular weight is 421 g/mol. The van der Waals surface area contributed by atoms with Gasteiger partial charge in [-0.2, -0.15) is 5.10 Å². The van der Waals surface area contributed by atoms with Crippen molar-refractivity contribution in [1.29, 1.82) is 0 Å². The van der Waals surface area contributed by atoms with E-state index < -0.39 is 6.23 Å². The maximum Gasteiger partial charge on any atom is 0.214 e. The van der Waals surface area contributed by atoms with E-state index in [0.29, 0.717) is 10.8 Å². The SMILES string of the molecule is COc1cccc(C2=NN3[C@H](C2)c2cccc(OC)c2O[C@H]3c2cccc(Cl)c2)c1. The normalized spacial score (nSPS) is 19.4. The van der Waals surface area contributed by atoms with Crippen LogP contribution in [0.25, 0.3) is 0 Å². The van der Waals surface area contributed by atoms with Gasteiger partial charge in [0.05, 0.1) is 26.0 Å². The van der Waals surface area contributed by atoms with Gasteiger partial charge < -0.3 is 14.2 Å². The zero-order valence-electron chi connectivity index (χ0n) is 16.7. The number of benzene rings is 3. The third-order valence-electron chi connectivity index (χ3n) is 5.54. The van der Waals surface area contributed by atoms with E-state index in [1.54, 1.807) is 14.2 Å². The summed E-state index contributed by atoms with van der Waals surface area (Å²) in [7, 11) is 3.33. The van der Waals surface area contributed by atoms with Crippen LogP contribution in [0.1, 0.15) is 35.4 Å². The van der Waals surface area contributed by atoms with Gasteiger partial charge >= 0.3 is 0 Å². The summed E-state index contributed by atoms with van der Waals surface area (Å²) in [5.74, 6) is 2.28. The minimum Gasteiger partial charge on any atom is -0.497 e. The molecule has 3 aromatic rings. The number of hydrogen-bond donors (Lipinski definition) is 0. The van der Waals surface area contributed by atoms with Gasteiger partial charge in [0.15, 0.2) is 11.5 Å². The Morgan fingerprint density at radius 3 is 2.63 bits per heavy atom. The minimum atomic E-state index is -0.402. The van der Waals surface area contributed by atoms with E-state index in [1.807, 2.05) is 59.6 Å². The lowest BCUT2D eigenvalue weighted by Gasteiger charge is -2.38. The van der Waals surface area contributed by atoms with Crippen LogP contribution >= 0.6 is 11.6 Å². The van der Waals surface area contributed by atoms with Gasteiger partial charge in [0.1, 0.15) is 5.75 Å². The Kier molecular flexibility index (Phi) is 4.75. The summed E-state index contributed by atoms with van der Waals surface area (Å²) in [5.41, 5.74) is 4.04. The van der Waals surface area contributed by atoms with Crippen molar-refractivity contribution in [2.45, 2.75) is 18.7 Å². The fraction of sp³-hybridized carbons (Fsp3) is 0.208. The van der Waals surface area contributed by atoms with Crippen LogP contribution in [-0.2, 0) is 0 Å². The zero-order chi connectivity index (χ0) is 20.7. The topological polar surface area (TPSA) is 43.3 Å². The van der Waals surface area contributed by atoms with Crippen molar-refractivity contribution in [3.63, 3.8) is 0 Å². The summed E-state index contributed by atoms with van der Waals surface area (Å²) < 4.78 is 17.4. The number of hydrazone groups is 1. The maximum atomic E-state index is 6.45. The molecule has 0 unspecified atom stereocenters. The highest BCUT2D eigenvalue weighted by atomic mass is 35.5. The standard InChI is InChI=1S/C24H21ClN2O3/c1-28-18-9-4-6-15(13-18)20-14-21-19-10-5-11-22(29-2)23(19)30-24(27(21)26-20)16-7-3-8-17(25)12-16/h3-13,21,24H,14H2,1-2H3/t21-,24+/m1/s1. The first kappa shape index (κ1) is 18.8. The molecule has 2 heterocycles. The van der Waals surface area contributed by atoms with Crippen molar-refractivity contribution in [1.82, 2.24) is 5.01 Å².